The minimum atomic E-state index is -0.440. The highest BCUT2D eigenvalue weighted by atomic mass is 16.5. The Hall–Kier alpha value is -7.42. The molecule has 0 aromatic carbocycles. The highest BCUT2D eigenvalue weighted by Crippen LogP contribution is 2.50. The van der Waals surface area contributed by atoms with Crippen LogP contribution in [0.4, 0.5) is 5.69 Å². The van der Waals surface area contributed by atoms with Crippen LogP contribution < -0.4 is 4.90 Å². The molecule has 1 aliphatic carbocycles. The topological polar surface area (TPSA) is 306 Å². The fourth-order valence-electron chi connectivity index (χ4n) is 22.3. The molecule has 28 nitrogen and oxygen atoms in total. The zero-order valence-corrected chi connectivity index (χ0v) is 94.4. The van der Waals surface area contributed by atoms with Crippen LogP contribution in [0.5, 0.6) is 0 Å². The van der Waals surface area contributed by atoms with E-state index >= 15 is 0 Å². The van der Waals surface area contributed by atoms with Crippen LogP contribution >= 0.6 is 0 Å². The average Bonchev–Trinajstić information content (AvgIpc) is 1.54. The summed E-state index contributed by atoms with van der Waals surface area (Å²) in [6, 6.07) is 34.3. The highest BCUT2D eigenvalue weighted by molar-refractivity contribution is 5.52. The molecular weight excluding hydrogens is 1860 g/mol. The number of nitrogens with zero attached hydrogens (tertiary/aromatic N) is 16. The van der Waals surface area contributed by atoms with Crippen molar-refractivity contribution >= 4 is 5.69 Å². The van der Waals surface area contributed by atoms with E-state index in [2.05, 4.69) is 241 Å². The van der Waals surface area contributed by atoms with Gasteiger partial charge in [-0.3, -0.25) is 54.5 Å². The summed E-state index contributed by atoms with van der Waals surface area (Å²) in [4.78, 5) is 52.6. The largest absolute Gasteiger partial charge is 0.395 e. The van der Waals surface area contributed by atoms with Gasteiger partial charge in [0.25, 0.3) is 0 Å². The lowest BCUT2D eigenvalue weighted by molar-refractivity contribution is 0.0597. The van der Waals surface area contributed by atoms with Crippen LogP contribution in [0.25, 0.3) is 0 Å². The van der Waals surface area contributed by atoms with Crippen LogP contribution in [0.3, 0.4) is 0 Å². The number of ether oxygens (including phenoxy) is 7. The number of methoxy groups -OCH3 is 1. The molecular formula is C120H188N16O12. The zero-order valence-electron chi connectivity index (χ0n) is 94.4. The zero-order chi connectivity index (χ0) is 106. The fourth-order valence-corrected chi connectivity index (χ4v) is 22.3. The molecule has 148 heavy (non-hydrogen) atoms. The standard InChI is InChI=1S/4C18H28N2O2.C17H25N3O.C16H27N3O2.C15H24N2O/c4*1-13(2)17-6-5-16(14-7-9-22-12-14)18(19-17)10-20-8-3-4-15(20)11-21;1-13(2)15-6-5-14(16(19-15)11-20(3)4)17(12-18)7-9-21-10-8-17;1-12(2)14-5-6-16(15(17-14)10-18(3)4)19-7-8-21-11-13(20)9-19;1-11(2)13-7-6-12(15(18-5)8-9-15)14(16-13)10-17(3)4/h4*5-6,13-15,21H,3-4,7-12H2,1-2H3;5-6,13H,7-11H2,1-4H3;5-6,12-13,20H,7-11H2,1-4H3;6-7,11H,8-10H2,1-5H3/t2*14-,15+;2*14-,15-;;;/m1010.../s1. The Kier molecular flexibility index (Phi) is 47.3. The van der Waals surface area contributed by atoms with Crippen molar-refractivity contribution in [3.05, 3.63) is 198 Å². The second kappa shape index (κ2) is 58.8. The first kappa shape index (κ1) is 119. The van der Waals surface area contributed by atoms with E-state index in [9.17, 15) is 30.8 Å². The summed E-state index contributed by atoms with van der Waals surface area (Å²) in [5.41, 5.74) is 24.5. The van der Waals surface area contributed by atoms with Gasteiger partial charge in [-0.05, 0) is 289 Å². The maximum Gasteiger partial charge on any atom is 0.0948 e. The van der Waals surface area contributed by atoms with E-state index < -0.39 is 11.5 Å². The SMILES string of the molecule is CC(C)c1ccc(C2(C#N)CCOCC2)c(CN(C)C)n1.CC(C)c1ccc(N2CCOCC(O)C2)c(CN(C)C)n1.CC(C)c1ccc([C@@H]2CCOC2)c(CN2CCC[C@@H]2CO)n1.CC(C)c1ccc([C@@H]2CCOC2)c(CN2CCC[C@H]2CO)n1.CC(C)c1ccc([C@H]2CCOC2)c(CN2CCC[C@@H]2CO)n1.CC(C)c1ccc([C@H]2CCOC2)c(CN2CCC[C@H]2CO)n1.COC1(c2ccc(C(C)C)nc2CN(C)C)CC1. The number of hydrogen-bond donors (Lipinski definition) is 5. The van der Waals surface area contributed by atoms with Crippen LogP contribution in [-0.2, 0) is 90.0 Å². The van der Waals surface area contributed by atoms with Gasteiger partial charge in [-0.25, -0.2) is 0 Å². The average molecular weight is 2050 g/mol. The number of nitriles is 1. The minimum Gasteiger partial charge on any atom is -0.395 e. The van der Waals surface area contributed by atoms with Gasteiger partial charge < -0.3 is 78.3 Å². The number of likely N-dealkylation sites (tertiary alicyclic amines) is 4. The van der Waals surface area contributed by atoms with Crippen molar-refractivity contribution in [1.29, 1.82) is 5.26 Å². The van der Waals surface area contributed by atoms with Gasteiger partial charge in [-0.15, -0.1) is 0 Å². The van der Waals surface area contributed by atoms with Gasteiger partial charge in [0.2, 0.25) is 0 Å². The molecule has 11 aliphatic rings. The second-order valence-electron chi connectivity index (χ2n) is 46.3. The lowest BCUT2D eigenvalue weighted by Crippen LogP contribution is -2.34. The molecule has 28 heteroatoms. The number of aliphatic hydroxyl groups excluding tert-OH is 5. The van der Waals surface area contributed by atoms with Gasteiger partial charge in [0.1, 0.15) is 0 Å². The molecule has 0 amide bonds. The normalized spacial score (nSPS) is 23.1. The van der Waals surface area contributed by atoms with Crippen molar-refractivity contribution in [2.75, 3.05) is 199 Å². The monoisotopic (exact) mass is 2050 g/mol. The summed E-state index contributed by atoms with van der Waals surface area (Å²) >= 11 is 0. The number of anilines is 1. The number of aromatic nitrogens is 7. The first-order chi connectivity index (χ1) is 71.2. The van der Waals surface area contributed by atoms with E-state index in [0.717, 1.165) is 265 Å². The molecule has 17 heterocycles. The molecule has 1 saturated carbocycles. The summed E-state index contributed by atoms with van der Waals surface area (Å²) in [5.74, 6) is 5.00. The van der Waals surface area contributed by atoms with Crippen molar-refractivity contribution < 1.29 is 58.7 Å². The molecule has 0 radical (unpaired) electrons. The smallest absolute Gasteiger partial charge is 0.0948 e. The van der Waals surface area contributed by atoms with E-state index in [4.69, 9.17) is 68.0 Å². The molecule has 0 spiro atoms. The minimum absolute atomic E-state index is 0.0478. The van der Waals surface area contributed by atoms with Crippen molar-refractivity contribution in [3.63, 3.8) is 0 Å². The van der Waals surface area contributed by atoms with E-state index in [1.807, 2.05) is 35.3 Å². The fraction of sp³-hybridized carbons (Fsp3) is 0.700. The lowest BCUT2D eigenvalue weighted by Gasteiger charge is -2.33. The molecule has 9 atom stereocenters. The molecule has 7 aromatic heterocycles. The van der Waals surface area contributed by atoms with Gasteiger partial charge in [0.05, 0.1) is 135 Å². The predicted molar refractivity (Wildman–Crippen MR) is 590 cm³/mol. The quantitative estimate of drug-likeness (QED) is 0.0255. The predicted octanol–water partition coefficient (Wildman–Crippen LogP) is 17.9. The molecule has 10 saturated heterocycles. The molecule has 820 valence electrons. The molecule has 18 rings (SSSR count). The summed E-state index contributed by atoms with van der Waals surface area (Å²) < 4.78 is 38.9. The van der Waals surface area contributed by atoms with Crippen molar-refractivity contribution in [2.45, 2.75) is 352 Å². The van der Waals surface area contributed by atoms with E-state index in [1.54, 1.807) is 0 Å². The highest BCUT2D eigenvalue weighted by Gasteiger charge is 2.47. The molecule has 10 aliphatic heterocycles. The van der Waals surface area contributed by atoms with E-state index in [0.29, 0.717) is 122 Å². The number of β-amino-alcohol motifs (C(OH)–C–C–N with tert-alkyl or cyclic N) is 1. The first-order valence-electron chi connectivity index (χ1n) is 56.4. The van der Waals surface area contributed by atoms with Crippen molar-refractivity contribution in [1.82, 2.24) is 69.2 Å². The Balaban J connectivity index is 0.000000153. The Labute approximate surface area is 889 Å². The first-order valence-corrected chi connectivity index (χ1v) is 56.4. The van der Waals surface area contributed by atoms with Gasteiger partial charge in [0.15, 0.2) is 0 Å². The third kappa shape index (κ3) is 33.6. The maximum absolute atomic E-state index is 9.94. The molecule has 5 N–H and O–H groups in total. The molecule has 7 aromatic rings. The summed E-state index contributed by atoms with van der Waals surface area (Å²) in [5, 5.41) is 57.9. The van der Waals surface area contributed by atoms with Crippen LogP contribution in [0.2, 0.25) is 0 Å². The Morgan fingerprint density at radius 1 is 0.345 bits per heavy atom. The number of hydrogen-bond acceptors (Lipinski definition) is 28. The number of pyridine rings is 7. The Morgan fingerprint density at radius 2 is 0.628 bits per heavy atom. The molecule has 0 bridgehead atoms. The van der Waals surface area contributed by atoms with Crippen LogP contribution in [0, 0.1) is 11.3 Å². The third-order valence-electron chi connectivity index (χ3n) is 31.6. The molecule has 1 unspecified atom stereocenters. The second-order valence-corrected chi connectivity index (χ2v) is 46.3. The van der Waals surface area contributed by atoms with Crippen LogP contribution in [-0.4, -0.2) is 319 Å². The van der Waals surface area contributed by atoms with Crippen LogP contribution in [0.1, 0.15) is 378 Å². The van der Waals surface area contributed by atoms with E-state index in [-0.39, 0.29) is 32.0 Å². The van der Waals surface area contributed by atoms with Crippen LogP contribution in [0.15, 0.2) is 84.9 Å². The lowest BCUT2D eigenvalue weighted by atomic mass is 9.74. The third-order valence-corrected chi connectivity index (χ3v) is 31.6. The van der Waals surface area contributed by atoms with Crippen molar-refractivity contribution in [2.24, 2.45) is 0 Å². The van der Waals surface area contributed by atoms with Gasteiger partial charge in [0, 0.05) is 199 Å². The molecule has 11 fully saturated rings. The van der Waals surface area contributed by atoms with Gasteiger partial charge >= 0.3 is 0 Å². The summed E-state index contributed by atoms with van der Waals surface area (Å²) in [6.45, 7) is 52.2. The number of aliphatic hydroxyl groups is 5. The Bertz CT molecular complexity index is 4810. The van der Waals surface area contributed by atoms with Gasteiger partial charge in [-0.1, -0.05) is 133 Å². The van der Waals surface area contributed by atoms with Gasteiger partial charge in [-0.2, -0.15) is 5.26 Å². The number of rotatable bonds is 33. The van der Waals surface area contributed by atoms with E-state index in [1.165, 1.54) is 87.7 Å². The summed E-state index contributed by atoms with van der Waals surface area (Å²) in [6.07, 6.45) is 16.8. The van der Waals surface area contributed by atoms with Crippen molar-refractivity contribution in [3.8, 4) is 6.07 Å². The summed E-state index contributed by atoms with van der Waals surface area (Å²) in [7, 11) is 14.2. The maximum atomic E-state index is 9.94. The Morgan fingerprint density at radius 3 is 0.912 bits per heavy atom.